The van der Waals surface area contributed by atoms with Crippen LogP contribution < -0.4 is 10.5 Å². The van der Waals surface area contributed by atoms with Gasteiger partial charge in [0.05, 0.1) is 19.8 Å². The zero-order valence-corrected chi connectivity index (χ0v) is 9.95. The molecule has 0 bridgehead atoms. The second-order valence-corrected chi connectivity index (χ2v) is 3.50. The molecule has 2 N–H and O–H groups in total. The number of nitrogens with two attached hydrogens (primary N) is 1. The normalized spacial score (nSPS) is 10.5. The van der Waals surface area contributed by atoms with Crippen molar-refractivity contribution in [3.63, 3.8) is 0 Å². The van der Waals surface area contributed by atoms with Crippen LogP contribution in [0.5, 0.6) is 5.75 Å². The Morgan fingerprint density at radius 1 is 1.18 bits per heavy atom. The SMILES string of the molecule is COCCOCCCOc1ccc(N)cc1F. The molecule has 1 aromatic rings. The fourth-order valence-corrected chi connectivity index (χ4v) is 1.22. The molecular weight excluding hydrogens is 225 g/mol. The lowest BCUT2D eigenvalue weighted by molar-refractivity contribution is 0.0642. The van der Waals surface area contributed by atoms with Gasteiger partial charge < -0.3 is 19.9 Å². The summed E-state index contributed by atoms with van der Waals surface area (Å²) in [5, 5.41) is 0. The molecule has 4 nitrogen and oxygen atoms in total. The van der Waals surface area contributed by atoms with E-state index in [9.17, 15) is 4.39 Å². The van der Waals surface area contributed by atoms with Gasteiger partial charge in [0, 0.05) is 31.9 Å². The molecule has 0 saturated carbocycles. The lowest BCUT2D eigenvalue weighted by Gasteiger charge is -2.08. The van der Waals surface area contributed by atoms with Crippen LogP contribution in [0.15, 0.2) is 18.2 Å². The van der Waals surface area contributed by atoms with Gasteiger partial charge in [0.2, 0.25) is 0 Å². The molecule has 0 amide bonds. The van der Waals surface area contributed by atoms with Crippen molar-refractivity contribution in [2.45, 2.75) is 6.42 Å². The topological polar surface area (TPSA) is 53.7 Å². The Bertz CT molecular complexity index is 334. The minimum absolute atomic E-state index is 0.219. The summed E-state index contributed by atoms with van der Waals surface area (Å²) in [6.45, 7) is 2.12. The van der Waals surface area contributed by atoms with Gasteiger partial charge >= 0.3 is 0 Å². The van der Waals surface area contributed by atoms with Gasteiger partial charge in [-0.2, -0.15) is 0 Å². The molecule has 0 unspecified atom stereocenters. The Hall–Kier alpha value is -1.33. The van der Waals surface area contributed by atoms with Crippen LogP contribution >= 0.6 is 0 Å². The van der Waals surface area contributed by atoms with Gasteiger partial charge in [-0.3, -0.25) is 0 Å². The highest BCUT2D eigenvalue weighted by molar-refractivity contribution is 5.42. The molecule has 96 valence electrons. The van der Waals surface area contributed by atoms with Crippen molar-refractivity contribution < 1.29 is 18.6 Å². The van der Waals surface area contributed by atoms with E-state index in [4.69, 9.17) is 19.9 Å². The summed E-state index contributed by atoms with van der Waals surface area (Å²) in [6.07, 6.45) is 0.702. The number of nitrogen functional groups attached to an aromatic ring is 1. The zero-order valence-electron chi connectivity index (χ0n) is 9.95. The largest absolute Gasteiger partial charge is 0.490 e. The van der Waals surface area contributed by atoms with Crippen molar-refractivity contribution in [1.29, 1.82) is 0 Å². The lowest BCUT2D eigenvalue weighted by Crippen LogP contribution is -2.07. The fraction of sp³-hybridized carbons (Fsp3) is 0.500. The molecule has 0 saturated heterocycles. The molecule has 0 heterocycles. The van der Waals surface area contributed by atoms with E-state index in [0.29, 0.717) is 38.5 Å². The molecular formula is C12H18FNO3. The van der Waals surface area contributed by atoms with Crippen LogP contribution in [0.3, 0.4) is 0 Å². The molecule has 1 aromatic carbocycles. The van der Waals surface area contributed by atoms with Crippen molar-refractivity contribution in [2.24, 2.45) is 0 Å². The van der Waals surface area contributed by atoms with Crippen molar-refractivity contribution in [3.8, 4) is 5.75 Å². The Labute approximate surface area is 100 Å². The minimum Gasteiger partial charge on any atom is -0.490 e. The number of hydrogen-bond acceptors (Lipinski definition) is 4. The smallest absolute Gasteiger partial charge is 0.167 e. The fourth-order valence-electron chi connectivity index (χ4n) is 1.22. The van der Waals surface area contributed by atoms with Crippen LogP contribution in [0.4, 0.5) is 10.1 Å². The maximum absolute atomic E-state index is 13.3. The third kappa shape index (κ3) is 5.51. The summed E-state index contributed by atoms with van der Waals surface area (Å²) < 4.78 is 28.6. The van der Waals surface area contributed by atoms with E-state index in [2.05, 4.69) is 0 Å². The first kappa shape index (κ1) is 13.7. The standard InChI is InChI=1S/C12H18FNO3/c1-15-7-8-16-5-2-6-17-12-4-3-10(14)9-11(12)13/h3-4,9H,2,5-8,14H2,1H3. The molecule has 0 atom stereocenters. The van der Waals surface area contributed by atoms with Crippen LogP contribution in [-0.4, -0.2) is 33.5 Å². The second kappa shape index (κ2) is 7.86. The van der Waals surface area contributed by atoms with E-state index in [0.717, 1.165) is 0 Å². The first-order valence-corrected chi connectivity index (χ1v) is 5.48. The molecule has 0 aromatic heterocycles. The van der Waals surface area contributed by atoms with Crippen molar-refractivity contribution in [3.05, 3.63) is 24.0 Å². The summed E-state index contributed by atoms with van der Waals surface area (Å²) in [6, 6.07) is 4.37. The summed E-state index contributed by atoms with van der Waals surface area (Å²) in [4.78, 5) is 0. The Kier molecular flexibility index (Phi) is 6.35. The van der Waals surface area contributed by atoms with E-state index >= 15 is 0 Å². The molecule has 1 rings (SSSR count). The van der Waals surface area contributed by atoms with Gasteiger partial charge in [-0.25, -0.2) is 4.39 Å². The first-order valence-electron chi connectivity index (χ1n) is 5.48. The molecule has 5 heteroatoms. The minimum atomic E-state index is -0.440. The zero-order chi connectivity index (χ0) is 12.5. The number of anilines is 1. The summed E-state index contributed by atoms with van der Waals surface area (Å²) in [5.74, 6) is -0.221. The molecule has 17 heavy (non-hydrogen) atoms. The van der Waals surface area contributed by atoms with Crippen LogP contribution in [0, 0.1) is 5.82 Å². The molecule has 0 spiro atoms. The molecule has 0 aliphatic rings. The average molecular weight is 243 g/mol. The van der Waals surface area contributed by atoms with E-state index in [1.54, 1.807) is 13.2 Å². The molecule has 0 fully saturated rings. The van der Waals surface area contributed by atoms with Gasteiger partial charge in [0.15, 0.2) is 11.6 Å². The van der Waals surface area contributed by atoms with E-state index in [1.165, 1.54) is 12.1 Å². The number of ether oxygens (including phenoxy) is 3. The van der Waals surface area contributed by atoms with Gasteiger partial charge in [-0.15, -0.1) is 0 Å². The Morgan fingerprint density at radius 2 is 2.00 bits per heavy atom. The van der Waals surface area contributed by atoms with Crippen LogP contribution in [-0.2, 0) is 9.47 Å². The van der Waals surface area contributed by atoms with E-state index in [1.807, 2.05) is 0 Å². The second-order valence-electron chi connectivity index (χ2n) is 3.50. The molecule has 0 radical (unpaired) electrons. The summed E-state index contributed by atoms with van der Waals surface area (Å²) in [5.41, 5.74) is 5.81. The van der Waals surface area contributed by atoms with Crippen molar-refractivity contribution >= 4 is 5.69 Å². The van der Waals surface area contributed by atoms with Gasteiger partial charge in [-0.05, 0) is 12.1 Å². The van der Waals surface area contributed by atoms with Crippen molar-refractivity contribution in [2.75, 3.05) is 39.3 Å². The predicted molar refractivity (Wildman–Crippen MR) is 63.6 cm³/mol. The lowest BCUT2D eigenvalue weighted by atomic mass is 10.3. The maximum atomic E-state index is 13.3. The monoisotopic (exact) mass is 243 g/mol. The summed E-state index contributed by atoms with van der Waals surface area (Å²) in [7, 11) is 1.62. The van der Waals surface area contributed by atoms with E-state index < -0.39 is 5.82 Å². The third-order valence-corrected chi connectivity index (χ3v) is 2.08. The Morgan fingerprint density at radius 3 is 2.71 bits per heavy atom. The highest BCUT2D eigenvalue weighted by Gasteiger charge is 2.02. The van der Waals surface area contributed by atoms with Crippen LogP contribution in [0.1, 0.15) is 6.42 Å². The first-order chi connectivity index (χ1) is 8.24. The highest BCUT2D eigenvalue weighted by Crippen LogP contribution is 2.19. The van der Waals surface area contributed by atoms with E-state index in [-0.39, 0.29) is 5.75 Å². The van der Waals surface area contributed by atoms with Gasteiger partial charge in [-0.1, -0.05) is 0 Å². The predicted octanol–water partition coefficient (Wildman–Crippen LogP) is 1.84. The van der Waals surface area contributed by atoms with Crippen LogP contribution in [0.2, 0.25) is 0 Å². The number of hydrogen-bond donors (Lipinski definition) is 1. The van der Waals surface area contributed by atoms with Gasteiger partial charge in [0.1, 0.15) is 0 Å². The third-order valence-electron chi connectivity index (χ3n) is 2.08. The summed E-state index contributed by atoms with van der Waals surface area (Å²) >= 11 is 0. The number of benzene rings is 1. The maximum Gasteiger partial charge on any atom is 0.167 e. The average Bonchev–Trinajstić information content (AvgIpc) is 2.30. The number of halogens is 1. The number of rotatable bonds is 8. The molecule has 0 aliphatic heterocycles. The highest BCUT2D eigenvalue weighted by atomic mass is 19.1. The Balaban J connectivity index is 2.14. The quantitative estimate of drug-likeness (QED) is 0.559. The van der Waals surface area contributed by atoms with Gasteiger partial charge in [0.25, 0.3) is 0 Å². The molecule has 0 aliphatic carbocycles. The van der Waals surface area contributed by atoms with Crippen molar-refractivity contribution in [1.82, 2.24) is 0 Å². The number of methoxy groups -OCH3 is 1. The van der Waals surface area contributed by atoms with Crippen LogP contribution in [0.25, 0.3) is 0 Å².